The van der Waals surface area contributed by atoms with Crippen molar-refractivity contribution in [3.8, 4) is 23.0 Å². The number of nitrogens with zero attached hydrogens (tertiary/aromatic N) is 1. The maximum Gasteiger partial charge on any atom is 0.187 e. The Hall–Kier alpha value is -3.25. The molecule has 1 saturated heterocycles. The number of methoxy groups -OCH3 is 4. The molecule has 1 aliphatic heterocycles. The minimum absolute atomic E-state index is 0.0247. The summed E-state index contributed by atoms with van der Waals surface area (Å²) in [7, 11) is 8.42. The van der Waals surface area contributed by atoms with Gasteiger partial charge < -0.3 is 18.9 Å². The monoisotopic (exact) mass is 409 g/mol. The maximum absolute atomic E-state index is 13.2. The summed E-state index contributed by atoms with van der Waals surface area (Å²) in [5.41, 5.74) is 3.12. The van der Waals surface area contributed by atoms with Crippen LogP contribution >= 0.6 is 0 Å². The summed E-state index contributed by atoms with van der Waals surface area (Å²) in [6.45, 7) is 1.13. The second kappa shape index (κ2) is 9.50. The van der Waals surface area contributed by atoms with Crippen molar-refractivity contribution >= 4 is 17.9 Å². The summed E-state index contributed by atoms with van der Waals surface area (Å²) in [5.74, 6) is 2.74. The van der Waals surface area contributed by atoms with Crippen LogP contribution in [0.5, 0.6) is 23.0 Å². The highest BCUT2D eigenvalue weighted by Crippen LogP contribution is 2.28. The first-order valence-corrected chi connectivity index (χ1v) is 9.56. The van der Waals surface area contributed by atoms with Crippen molar-refractivity contribution in [3.05, 3.63) is 58.7 Å². The van der Waals surface area contributed by atoms with E-state index in [-0.39, 0.29) is 5.78 Å². The summed E-state index contributed by atoms with van der Waals surface area (Å²) in [5, 5.41) is 0. The number of rotatable bonds is 6. The molecule has 0 amide bonds. The smallest absolute Gasteiger partial charge is 0.187 e. The molecular formula is C24H27NO5. The van der Waals surface area contributed by atoms with Gasteiger partial charge >= 0.3 is 0 Å². The van der Waals surface area contributed by atoms with Crippen LogP contribution in [-0.2, 0) is 4.79 Å². The Labute approximate surface area is 177 Å². The molecule has 6 nitrogen and oxygen atoms in total. The molecule has 6 heteroatoms. The molecule has 158 valence electrons. The van der Waals surface area contributed by atoms with E-state index in [0.717, 1.165) is 11.1 Å². The molecule has 0 saturated carbocycles. The molecule has 0 aromatic heterocycles. The van der Waals surface area contributed by atoms with Crippen molar-refractivity contribution < 1.29 is 23.7 Å². The van der Waals surface area contributed by atoms with E-state index < -0.39 is 0 Å². The summed E-state index contributed by atoms with van der Waals surface area (Å²) in [6, 6.07) is 11.1. The molecule has 0 atom stereocenters. The number of likely N-dealkylation sites (N-methyl/N-ethyl adjacent to an activating group) is 1. The Balaban J connectivity index is 1.98. The van der Waals surface area contributed by atoms with Crippen molar-refractivity contribution in [2.75, 3.05) is 48.6 Å². The van der Waals surface area contributed by atoms with Gasteiger partial charge in [-0.05, 0) is 54.6 Å². The molecule has 1 fully saturated rings. The van der Waals surface area contributed by atoms with Crippen molar-refractivity contribution in [1.29, 1.82) is 0 Å². The molecule has 1 heterocycles. The first-order chi connectivity index (χ1) is 14.4. The number of carbonyl (C=O) groups is 1. The third-order valence-electron chi connectivity index (χ3n) is 4.89. The Morgan fingerprint density at radius 2 is 1.00 bits per heavy atom. The zero-order valence-electron chi connectivity index (χ0n) is 18.0. The molecule has 30 heavy (non-hydrogen) atoms. The zero-order valence-corrected chi connectivity index (χ0v) is 18.0. The molecule has 0 unspecified atom stereocenters. The van der Waals surface area contributed by atoms with Crippen LogP contribution < -0.4 is 18.9 Å². The van der Waals surface area contributed by atoms with E-state index in [4.69, 9.17) is 18.9 Å². The molecule has 0 aliphatic carbocycles. The summed E-state index contributed by atoms with van der Waals surface area (Å²) in [6.07, 6.45) is 3.78. The second-order valence-electron chi connectivity index (χ2n) is 7.13. The molecule has 0 spiro atoms. The van der Waals surface area contributed by atoms with Crippen molar-refractivity contribution in [3.63, 3.8) is 0 Å². The van der Waals surface area contributed by atoms with Gasteiger partial charge in [-0.15, -0.1) is 0 Å². The summed E-state index contributed by atoms with van der Waals surface area (Å²) < 4.78 is 21.4. The van der Waals surface area contributed by atoms with Crippen molar-refractivity contribution in [1.82, 2.24) is 4.90 Å². The third-order valence-corrected chi connectivity index (χ3v) is 4.89. The van der Waals surface area contributed by atoms with Crippen LogP contribution in [0.15, 0.2) is 47.5 Å². The number of likely N-dealkylation sites (tertiary alicyclic amines) is 1. The molecule has 3 rings (SSSR count). The SMILES string of the molecule is COc1cc(/C=C2\CN(C)C/C(=C\c3cc(OC)cc(OC)c3)C2=O)cc(OC)c1. The predicted molar refractivity (Wildman–Crippen MR) is 118 cm³/mol. The lowest BCUT2D eigenvalue weighted by atomic mass is 9.94. The average molecular weight is 409 g/mol. The zero-order chi connectivity index (χ0) is 21.7. The fourth-order valence-electron chi connectivity index (χ4n) is 3.44. The minimum atomic E-state index is 0.0247. The number of piperidine rings is 1. The van der Waals surface area contributed by atoms with Crippen LogP contribution in [0.4, 0.5) is 0 Å². The van der Waals surface area contributed by atoms with E-state index >= 15 is 0 Å². The second-order valence-corrected chi connectivity index (χ2v) is 7.13. The molecule has 0 bridgehead atoms. The van der Waals surface area contributed by atoms with Crippen LogP contribution in [0.3, 0.4) is 0 Å². The summed E-state index contributed by atoms with van der Waals surface area (Å²) >= 11 is 0. The molecule has 0 radical (unpaired) electrons. The van der Waals surface area contributed by atoms with Crippen LogP contribution in [0.2, 0.25) is 0 Å². The molecular weight excluding hydrogens is 382 g/mol. The number of ether oxygens (including phenoxy) is 4. The van der Waals surface area contributed by atoms with Crippen LogP contribution in [0.1, 0.15) is 11.1 Å². The largest absolute Gasteiger partial charge is 0.497 e. The Morgan fingerprint density at radius 1 is 0.667 bits per heavy atom. The lowest BCUT2D eigenvalue weighted by Gasteiger charge is -2.26. The van der Waals surface area contributed by atoms with E-state index in [0.29, 0.717) is 47.2 Å². The van der Waals surface area contributed by atoms with E-state index in [1.807, 2.05) is 43.5 Å². The van der Waals surface area contributed by atoms with Gasteiger partial charge in [-0.3, -0.25) is 9.69 Å². The fraction of sp³-hybridized carbons (Fsp3) is 0.292. The number of hydrogen-bond donors (Lipinski definition) is 0. The highest BCUT2D eigenvalue weighted by Gasteiger charge is 2.24. The lowest BCUT2D eigenvalue weighted by Crippen LogP contribution is -2.34. The maximum atomic E-state index is 13.2. The van der Waals surface area contributed by atoms with Crippen LogP contribution in [-0.4, -0.2) is 59.3 Å². The molecule has 2 aromatic carbocycles. The first-order valence-electron chi connectivity index (χ1n) is 9.56. The van der Waals surface area contributed by atoms with Gasteiger partial charge in [0.05, 0.1) is 28.4 Å². The average Bonchev–Trinajstić information content (AvgIpc) is 2.76. The van der Waals surface area contributed by atoms with Crippen LogP contribution in [0.25, 0.3) is 12.2 Å². The number of benzene rings is 2. The van der Waals surface area contributed by atoms with Gasteiger partial charge in [0.2, 0.25) is 0 Å². The van der Waals surface area contributed by atoms with Crippen molar-refractivity contribution in [2.24, 2.45) is 0 Å². The van der Waals surface area contributed by atoms with E-state index in [1.54, 1.807) is 40.6 Å². The van der Waals surface area contributed by atoms with Gasteiger partial charge in [0, 0.05) is 36.4 Å². The third kappa shape index (κ3) is 5.02. The van der Waals surface area contributed by atoms with Gasteiger partial charge in [-0.1, -0.05) is 0 Å². The van der Waals surface area contributed by atoms with E-state index in [9.17, 15) is 4.79 Å². The minimum Gasteiger partial charge on any atom is -0.497 e. The normalized spacial score (nSPS) is 17.3. The number of carbonyl (C=O) groups excluding carboxylic acids is 1. The topological polar surface area (TPSA) is 57.2 Å². The lowest BCUT2D eigenvalue weighted by molar-refractivity contribution is -0.113. The van der Waals surface area contributed by atoms with Gasteiger partial charge in [0.1, 0.15) is 23.0 Å². The van der Waals surface area contributed by atoms with Crippen LogP contribution in [0, 0.1) is 0 Å². The molecule has 2 aromatic rings. The Morgan fingerprint density at radius 3 is 1.30 bits per heavy atom. The molecule has 1 aliphatic rings. The standard InChI is InChI=1S/C24H27NO5/c1-25-14-18(6-16-8-20(27-2)12-21(9-16)28-3)24(26)19(15-25)7-17-10-22(29-4)13-23(11-17)30-5/h6-13H,14-15H2,1-5H3/b18-6+,19-7+. The van der Waals surface area contributed by atoms with Gasteiger partial charge in [0.25, 0.3) is 0 Å². The number of Topliss-reactive ketones (excluding diaryl/α,β-unsaturated/α-hetero) is 1. The number of ketones is 1. The van der Waals surface area contributed by atoms with Crippen molar-refractivity contribution in [2.45, 2.75) is 0 Å². The van der Waals surface area contributed by atoms with Gasteiger partial charge in [-0.2, -0.15) is 0 Å². The first kappa shape index (κ1) is 21.5. The van der Waals surface area contributed by atoms with Gasteiger partial charge in [0.15, 0.2) is 5.78 Å². The predicted octanol–water partition coefficient (Wildman–Crippen LogP) is 3.70. The fourth-order valence-corrected chi connectivity index (χ4v) is 3.44. The summed E-state index contributed by atoms with van der Waals surface area (Å²) in [4.78, 5) is 15.3. The highest BCUT2D eigenvalue weighted by molar-refractivity contribution is 6.14. The Kier molecular flexibility index (Phi) is 6.79. The number of hydrogen-bond acceptors (Lipinski definition) is 6. The van der Waals surface area contributed by atoms with E-state index in [2.05, 4.69) is 4.90 Å². The Bertz CT molecular complexity index is 871. The molecule has 0 N–H and O–H groups in total. The van der Waals surface area contributed by atoms with Gasteiger partial charge in [-0.25, -0.2) is 0 Å². The quantitative estimate of drug-likeness (QED) is 0.678. The van der Waals surface area contributed by atoms with E-state index in [1.165, 1.54) is 0 Å². The highest BCUT2D eigenvalue weighted by atomic mass is 16.5.